The van der Waals surface area contributed by atoms with Gasteiger partial charge in [-0.05, 0) is 53.9 Å². The molecule has 0 N–H and O–H groups in total. The first kappa shape index (κ1) is 18.3. The Hall–Kier alpha value is -4.30. The van der Waals surface area contributed by atoms with Gasteiger partial charge < -0.3 is 8.98 Å². The molecule has 0 unspecified atom stereocenters. The number of furan rings is 1. The fourth-order valence-electron chi connectivity index (χ4n) is 5.34. The van der Waals surface area contributed by atoms with Gasteiger partial charge in [-0.3, -0.25) is 0 Å². The molecule has 0 atom stereocenters. The summed E-state index contributed by atoms with van der Waals surface area (Å²) in [5.41, 5.74) is 9.11. The summed E-state index contributed by atoms with van der Waals surface area (Å²) in [5.74, 6) is 0. The standard InChI is InChI=1S/C31H21NO/c1-20-10-7-18-27-29(20)31-26(17-9-19-28(31)33-27)32-24-15-6-5-13-23(24)30-22(14-8-16-25(30)32)21-11-3-2-4-12-21/h2-19H,1H3. The number of fused-ring (bicyclic) bond motifs is 6. The highest BCUT2D eigenvalue weighted by Crippen LogP contribution is 2.42. The molecule has 0 radical (unpaired) electrons. The SMILES string of the molecule is Cc1cccc2oc3cccc(-n4c5ccccc5c5c(-c6ccccc6)cccc54)c3c12. The topological polar surface area (TPSA) is 18.1 Å². The highest BCUT2D eigenvalue weighted by Gasteiger charge is 2.19. The second-order valence-corrected chi connectivity index (χ2v) is 8.62. The molecule has 2 heterocycles. The molecule has 0 saturated heterocycles. The van der Waals surface area contributed by atoms with Gasteiger partial charge in [-0.2, -0.15) is 0 Å². The highest BCUT2D eigenvalue weighted by atomic mass is 16.3. The maximum Gasteiger partial charge on any atom is 0.137 e. The predicted molar refractivity (Wildman–Crippen MR) is 138 cm³/mol. The first-order valence-corrected chi connectivity index (χ1v) is 11.3. The van der Waals surface area contributed by atoms with Gasteiger partial charge in [-0.25, -0.2) is 0 Å². The Morgan fingerprint density at radius 1 is 0.545 bits per heavy atom. The van der Waals surface area contributed by atoms with Crippen LogP contribution in [-0.4, -0.2) is 4.57 Å². The second-order valence-electron chi connectivity index (χ2n) is 8.62. The van der Waals surface area contributed by atoms with E-state index in [2.05, 4.69) is 121 Å². The van der Waals surface area contributed by atoms with Gasteiger partial charge in [0.2, 0.25) is 0 Å². The molecule has 5 aromatic carbocycles. The summed E-state index contributed by atoms with van der Waals surface area (Å²) >= 11 is 0. The number of benzene rings is 5. The van der Waals surface area contributed by atoms with E-state index < -0.39 is 0 Å². The van der Waals surface area contributed by atoms with Crippen molar-refractivity contribution in [3.8, 4) is 16.8 Å². The lowest BCUT2D eigenvalue weighted by molar-refractivity contribution is 0.668. The molecule has 0 aliphatic carbocycles. The predicted octanol–water partition coefficient (Wildman–Crippen LogP) is 8.66. The lowest BCUT2D eigenvalue weighted by atomic mass is 9.99. The Bertz CT molecular complexity index is 1820. The Kier molecular flexibility index (Phi) is 3.80. The molecule has 2 heteroatoms. The second kappa shape index (κ2) is 6.85. The number of aromatic nitrogens is 1. The Morgan fingerprint density at radius 2 is 1.24 bits per heavy atom. The molecule has 0 fully saturated rings. The number of rotatable bonds is 2. The first-order chi connectivity index (χ1) is 16.3. The van der Waals surface area contributed by atoms with Crippen LogP contribution in [0.1, 0.15) is 5.56 Å². The summed E-state index contributed by atoms with van der Waals surface area (Å²) in [6.07, 6.45) is 0. The van der Waals surface area contributed by atoms with E-state index in [9.17, 15) is 0 Å². The largest absolute Gasteiger partial charge is 0.456 e. The van der Waals surface area contributed by atoms with Gasteiger partial charge in [0.1, 0.15) is 11.2 Å². The van der Waals surface area contributed by atoms with Crippen LogP contribution in [0.2, 0.25) is 0 Å². The van der Waals surface area contributed by atoms with E-state index in [1.807, 2.05) is 0 Å². The van der Waals surface area contributed by atoms with Crippen molar-refractivity contribution in [1.29, 1.82) is 0 Å². The van der Waals surface area contributed by atoms with Gasteiger partial charge in [0.25, 0.3) is 0 Å². The maximum absolute atomic E-state index is 6.28. The van der Waals surface area contributed by atoms with Crippen molar-refractivity contribution in [3.05, 3.63) is 115 Å². The van der Waals surface area contributed by atoms with Crippen molar-refractivity contribution in [2.75, 3.05) is 0 Å². The van der Waals surface area contributed by atoms with Crippen molar-refractivity contribution >= 4 is 43.7 Å². The molecule has 0 aliphatic heterocycles. The summed E-state index contributed by atoms with van der Waals surface area (Å²) in [7, 11) is 0. The van der Waals surface area contributed by atoms with Crippen LogP contribution < -0.4 is 0 Å². The molecule has 7 aromatic rings. The van der Waals surface area contributed by atoms with Gasteiger partial charge in [-0.1, -0.05) is 78.9 Å². The van der Waals surface area contributed by atoms with Crippen LogP contribution in [0.25, 0.3) is 60.6 Å². The van der Waals surface area contributed by atoms with E-state index in [4.69, 9.17) is 4.42 Å². The molecular weight excluding hydrogens is 402 g/mol. The highest BCUT2D eigenvalue weighted by molar-refractivity contribution is 6.18. The summed E-state index contributed by atoms with van der Waals surface area (Å²) in [6.45, 7) is 2.16. The fourth-order valence-corrected chi connectivity index (χ4v) is 5.34. The maximum atomic E-state index is 6.28. The van der Waals surface area contributed by atoms with E-state index in [1.54, 1.807) is 0 Å². The minimum Gasteiger partial charge on any atom is -0.456 e. The minimum atomic E-state index is 0.918. The third-order valence-electron chi connectivity index (χ3n) is 6.73. The third-order valence-corrected chi connectivity index (χ3v) is 6.73. The molecule has 2 nitrogen and oxygen atoms in total. The summed E-state index contributed by atoms with van der Waals surface area (Å²) < 4.78 is 8.68. The van der Waals surface area contributed by atoms with Gasteiger partial charge in [0.05, 0.1) is 22.1 Å². The third kappa shape index (κ3) is 2.55. The van der Waals surface area contributed by atoms with Gasteiger partial charge >= 0.3 is 0 Å². The zero-order valence-electron chi connectivity index (χ0n) is 18.2. The first-order valence-electron chi connectivity index (χ1n) is 11.3. The van der Waals surface area contributed by atoms with E-state index in [0.29, 0.717) is 0 Å². The van der Waals surface area contributed by atoms with Crippen LogP contribution in [0.15, 0.2) is 114 Å². The van der Waals surface area contributed by atoms with Crippen molar-refractivity contribution in [2.45, 2.75) is 6.92 Å². The normalized spacial score (nSPS) is 11.8. The Labute approximate surface area is 191 Å². The number of hydrogen-bond acceptors (Lipinski definition) is 1. The summed E-state index contributed by atoms with van der Waals surface area (Å²) in [4.78, 5) is 0. The van der Waals surface area contributed by atoms with Crippen LogP contribution >= 0.6 is 0 Å². The van der Waals surface area contributed by atoms with Crippen LogP contribution in [0.3, 0.4) is 0 Å². The fraction of sp³-hybridized carbons (Fsp3) is 0.0323. The molecule has 0 spiro atoms. The minimum absolute atomic E-state index is 0.918. The van der Waals surface area contributed by atoms with Crippen molar-refractivity contribution in [2.24, 2.45) is 0 Å². The lowest BCUT2D eigenvalue weighted by Crippen LogP contribution is -1.95. The summed E-state index contributed by atoms with van der Waals surface area (Å²) in [6, 6.07) is 38.7. The molecule has 0 bridgehead atoms. The Morgan fingerprint density at radius 3 is 2.12 bits per heavy atom. The van der Waals surface area contributed by atoms with Crippen LogP contribution in [0.4, 0.5) is 0 Å². The average molecular weight is 424 g/mol. The Balaban J connectivity index is 1.68. The average Bonchev–Trinajstić information content (AvgIpc) is 3.41. The number of para-hydroxylation sites is 1. The smallest absolute Gasteiger partial charge is 0.137 e. The van der Waals surface area contributed by atoms with Crippen molar-refractivity contribution in [3.63, 3.8) is 0 Å². The van der Waals surface area contributed by atoms with E-state index in [0.717, 1.165) is 16.9 Å². The monoisotopic (exact) mass is 423 g/mol. The van der Waals surface area contributed by atoms with Gasteiger partial charge in [0.15, 0.2) is 0 Å². The van der Waals surface area contributed by atoms with Gasteiger partial charge in [-0.15, -0.1) is 0 Å². The van der Waals surface area contributed by atoms with Crippen LogP contribution in [0.5, 0.6) is 0 Å². The molecule has 0 amide bonds. The number of hydrogen-bond donors (Lipinski definition) is 0. The van der Waals surface area contributed by atoms with Crippen molar-refractivity contribution < 1.29 is 4.42 Å². The van der Waals surface area contributed by atoms with E-state index >= 15 is 0 Å². The van der Waals surface area contributed by atoms with Crippen LogP contribution in [-0.2, 0) is 0 Å². The van der Waals surface area contributed by atoms with Gasteiger partial charge in [0, 0.05) is 16.2 Å². The molecule has 156 valence electrons. The zero-order chi connectivity index (χ0) is 21.9. The van der Waals surface area contributed by atoms with E-state index in [1.165, 1.54) is 49.3 Å². The molecule has 33 heavy (non-hydrogen) atoms. The zero-order valence-corrected chi connectivity index (χ0v) is 18.2. The lowest BCUT2D eigenvalue weighted by Gasteiger charge is -2.10. The van der Waals surface area contributed by atoms with Crippen molar-refractivity contribution in [1.82, 2.24) is 4.57 Å². The van der Waals surface area contributed by atoms with Crippen LogP contribution in [0, 0.1) is 6.92 Å². The molecular formula is C31H21NO. The molecule has 0 saturated carbocycles. The summed E-state index contributed by atoms with van der Waals surface area (Å²) in [5, 5.41) is 4.89. The molecule has 0 aliphatic rings. The molecule has 2 aromatic heterocycles. The number of nitrogens with zero attached hydrogens (tertiary/aromatic N) is 1. The number of aryl methyl sites for hydroxylation is 1. The quantitative estimate of drug-likeness (QED) is 0.272. The molecule has 7 rings (SSSR count). The van der Waals surface area contributed by atoms with E-state index in [-0.39, 0.29) is 0 Å².